The number of nitrogens with zero attached hydrogens (tertiary/aromatic N) is 1. The van der Waals surface area contributed by atoms with Crippen LogP contribution in [0.3, 0.4) is 0 Å². The van der Waals surface area contributed by atoms with E-state index in [9.17, 15) is 9.18 Å². The maximum Gasteiger partial charge on any atom is 0.234 e. The SMILES string of the molecule is Cc1cc(F)ccc1NC(=O)CSCc1c(C)noc1C. The quantitative estimate of drug-likeness (QED) is 0.916. The molecule has 1 amide bonds. The average Bonchev–Trinajstić information content (AvgIpc) is 2.74. The van der Waals surface area contributed by atoms with Crippen molar-refractivity contribution in [2.45, 2.75) is 26.5 Å². The topological polar surface area (TPSA) is 55.1 Å². The van der Waals surface area contributed by atoms with Crippen LogP contribution in [0, 0.1) is 26.6 Å². The highest BCUT2D eigenvalue weighted by Gasteiger charge is 2.11. The molecule has 0 aliphatic carbocycles. The van der Waals surface area contributed by atoms with Gasteiger partial charge in [0.25, 0.3) is 0 Å². The van der Waals surface area contributed by atoms with E-state index < -0.39 is 0 Å². The summed E-state index contributed by atoms with van der Waals surface area (Å²) in [7, 11) is 0. The van der Waals surface area contributed by atoms with Crippen LogP contribution in [0.5, 0.6) is 0 Å². The maximum atomic E-state index is 13.0. The molecule has 0 aliphatic heterocycles. The Bertz CT molecular complexity index is 636. The van der Waals surface area contributed by atoms with Gasteiger partial charge in [-0.05, 0) is 44.5 Å². The van der Waals surface area contributed by atoms with Crippen molar-refractivity contribution in [3.8, 4) is 0 Å². The van der Waals surface area contributed by atoms with Crippen molar-refractivity contribution in [1.82, 2.24) is 5.16 Å². The molecule has 0 radical (unpaired) electrons. The second-order valence-electron chi connectivity index (χ2n) is 4.80. The molecular weight excluding hydrogens is 291 g/mol. The molecule has 0 bridgehead atoms. The standard InChI is InChI=1S/C15H17FN2O2S/c1-9-6-12(16)4-5-14(9)17-15(19)8-21-7-13-10(2)18-20-11(13)3/h4-6H,7-8H2,1-3H3,(H,17,19). The number of halogens is 1. The number of aryl methyl sites for hydroxylation is 3. The Labute approximate surface area is 127 Å². The van der Waals surface area contributed by atoms with Gasteiger partial charge in [-0.25, -0.2) is 4.39 Å². The zero-order valence-corrected chi connectivity index (χ0v) is 13.0. The highest BCUT2D eigenvalue weighted by atomic mass is 32.2. The molecule has 1 aromatic heterocycles. The van der Waals surface area contributed by atoms with Gasteiger partial charge in [-0.3, -0.25) is 4.79 Å². The van der Waals surface area contributed by atoms with Gasteiger partial charge >= 0.3 is 0 Å². The van der Waals surface area contributed by atoms with E-state index in [0.29, 0.717) is 22.8 Å². The molecule has 0 atom stereocenters. The molecule has 21 heavy (non-hydrogen) atoms. The van der Waals surface area contributed by atoms with Crippen LogP contribution in [0.25, 0.3) is 0 Å². The lowest BCUT2D eigenvalue weighted by Gasteiger charge is -2.08. The summed E-state index contributed by atoms with van der Waals surface area (Å²) in [6.45, 7) is 5.50. The number of rotatable bonds is 5. The van der Waals surface area contributed by atoms with E-state index in [0.717, 1.165) is 17.0 Å². The molecule has 6 heteroatoms. The van der Waals surface area contributed by atoms with E-state index in [-0.39, 0.29) is 11.7 Å². The van der Waals surface area contributed by atoms with Crippen LogP contribution in [-0.4, -0.2) is 16.8 Å². The van der Waals surface area contributed by atoms with Crippen LogP contribution in [-0.2, 0) is 10.5 Å². The second-order valence-corrected chi connectivity index (χ2v) is 5.79. The minimum Gasteiger partial charge on any atom is -0.361 e. The second kappa shape index (κ2) is 6.76. The summed E-state index contributed by atoms with van der Waals surface area (Å²) >= 11 is 1.49. The summed E-state index contributed by atoms with van der Waals surface area (Å²) < 4.78 is 18.1. The van der Waals surface area contributed by atoms with Gasteiger partial charge in [0.05, 0.1) is 11.4 Å². The average molecular weight is 308 g/mol. The Morgan fingerprint density at radius 1 is 1.38 bits per heavy atom. The molecule has 1 N–H and O–H groups in total. The molecule has 0 saturated heterocycles. The summed E-state index contributed by atoms with van der Waals surface area (Å²) in [5.41, 5.74) is 3.24. The third-order valence-electron chi connectivity index (χ3n) is 3.12. The van der Waals surface area contributed by atoms with Crippen LogP contribution in [0.1, 0.15) is 22.6 Å². The van der Waals surface area contributed by atoms with Crippen LogP contribution < -0.4 is 5.32 Å². The van der Waals surface area contributed by atoms with Gasteiger partial charge in [-0.2, -0.15) is 0 Å². The van der Waals surface area contributed by atoms with Crippen molar-refractivity contribution in [2.24, 2.45) is 0 Å². The zero-order valence-electron chi connectivity index (χ0n) is 12.2. The van der Waals surface area contributed by atoms with Gasteiger partial charge in [0.15, 0.2) is 0 Å². The summed E-state index contributed by atoms with van der Waals surface area (Å²) in [4.78, 5) is 11.9. The summed E-state index contributed by atoms with van der Waals surface area (Å²) in [5.74, 6) is 1.37. The smallest absolute Gasteiger partial charge is 0.234 e. The number of amides is 1. The predicted molar refractivity (Wildman–Crippen MR) is 81.9 cm³/mol. The number of aromatic nitrogens is 1. The lowest BCUT2D eigenvalue weighted by atomic mass is 10.2. The van der Waals surface area contributed by atoms with E-state index in [4.69, 9.17) is 4.52 Å². The van der Waals surface area contributed by atoms with Gasteiger partial charge in [-0.15, -0.1) is 11.8 Å². The predicted octanol–water partition coefficient (Wildman–Crippen LogP) is 3.61. The van der Waals surface area contributed by atoms with Crippen molar-refractivity contribution >= 4 is 23.4 Å². The Balaban J connectivity index is 1.85. The summed E-state index contributed by atoms with van der Waals surface area (Å²) in [6, 6.07) is 4.30. The van der Waals surface area contributed by atoms with E-state index in [2.05, 4.69) is 10.5 Å². The molecule has 0 aliphatic rings. The molecule has 0 spiro atoms. The van der Waals surface area contributed by atoms with Crippen LogP contribution in [0.4, 0.5) is 10.1 Å². The molecule has 0 saturated carbocycles. The molecule has 1 heterocycles. The summed E-state index contributed by atoms with van der Waals surface area (Å²) in [5, 5.41) is 6.66. The molecular formula is C15H17FN2O2S. The van der Waals surface area contributed by atoms with Crippen molar-refractivity contribution < 1.29 is 13.7 Å². The molecule has 112 valence electrons. The number of hydrogen-bond donors (Lipinski definition) is 1. The van der Waals surface area contributed by atoms with Crippen molar-refractivity contribution in [2.75, 3.05) is 11.1 Å². The number of carbonyl (C=O) groups excluding carboxylic acids is 1. The van der Waals surface area contributed by atoms with E-state index in [1.807, 2.05) is 13.8 Å². The largest absolute Gasteiger partial charge is 0.361 e. The molecule has 2 rings (SSSR count). The Morgan fingerprint density at radius 3 is 2.76 bits per heavy atom. The lowest BCUT2D eigenvalue weighted by Crippen LogP contribution is -2.15. The van der Waals surface area contributed by atoms with Crippen molar-refractivity contribution in [3.05, 3.63) is 46.6 Å². The van der Waals surface area contributed by atoms with Crippen LogP contribution >= 0.6 is 11.8 Å². The number of thioether (sulfide) groups is 1. The highest BCUT2D eigenvalue weighted by Crippen LogP contribution is 2.20. The number of benzene rings is 1. The Kier molecular flexibility index (Phi) is 5.01. The zero-order chi connectivity index (χ0) is 15.4. The first-order chi connectivity index (χ1) is 9.97. The summed E-state index contributed by atoms with van der Waals surface area (Å²) in [6.07, 6.45) is 0. The first kappa shape index (κ1) is 15.6. The number of carbonyl (C=O) groups is 1. The maximum absolute atomic E-state index is 13.0. The first-order valence-electron chi connectivity index (χ1n) is 6.53. The van der Waals surface area contributed by atoms with E-state index >= 15 is 0 Å². The fourth-order valence-electron chi connectivity index (χ4n) is 1.91. The minimum absolute atomic E-state index is 0.110. The third kappa shape index (κ3) is 4.07. The number of anilines is 1. The molecule has 4 nitrogen and oxygen atoms in total. The lowest BCUT2D eigenvalue weighted by molar-refractivity contribution is -0.113. The monoisotopic (exact) mass is 308 g/mol. The Hall–Kier alpha value is -1.82. The van der Waals surface area contributed by atoms with Gasteiger partial charge in [0.2, 0.25) is 5.91 Å². The molecule has 0 unspecified atom stereocenters. The van der Waals surface area contributed by atoms with Gasteiger partial charge in [0.1, 0.15) is 11.6 Å². The van der Waals surface area contributed by atoms with Crippen LogP contribution in [0.15, 0.2) is 22.7 Å². The van der Waals surface area contributed by atoms with Gasteiger partial charge in [-0.1, -0.05) is 5.16 Å². The minimum atomic E-state index is -0.307. The number of nitrogens with one attached hydrogen (secondary N) is 1. The molecule has 0 fully saturated rings. The van der Waals surface area contributed by atoms with Gasteiger partial charge in [0, 0.05) is 17.0 Å². The fraction of sp³-hybridized carbons (Fsp3) is 0.333. The van der Waals surface area contributed by atoms with Gasteiger partial charge < -0.3 is 9.84 Å². The van der Waals surface area contributed by atoms with E-state index in [1.54, 1.807) is 13.0 Å². The van der Waals surface area contributed by atoms with Crippen molar-refractivity contribution in [3.63, 3.8) is 0 Å². The third-order valence-corrected chi connectivity index (χ3v) is 4.08. The normalized spacial score (nSPS) is 10.7. The molecule has 1 aromatic carbocycles. The number of hydrogen-bond acceptors (Lipinski definition) is 4. The van der Waals surface area contributed by atoms with Crippen LogP contribution in [0.2, 0.25) is 0 Å². The Morgan fingerprint density at radius 2 is 2.14 bits per heavy atom. The highest BCUT2D eigenvalue weighted by molar-refractivity contribution is 7.99. The fourth-order valence-corrected chi connectivity index (χ4v) is 2.88. The van der Waals surface area contributed by atoms with E-state index in [1.165, 1.54) is 23.9 Å². The first-order valence-corrected chi connectivity index (χ1v) is 7.68. The van der Waals surface area contributed by atoms with Crippen molar-refractivity contribution in [1.29, 1.82) is 0 Å². The molecule has 2 aromatic rings.